The molecule has 3 rings (SSSR count). The van der Waals surface area contributed by atoms with Gasteiger partial charge in [-0.25, -0.2) is 0 Å². The van der Waals surface area contributed by atoms with Gasteiger partial charge in [-0.05, 0) is 50.2 Å². The van der Waals surface area contributed by atoms with E-state index in [1.807, 2.05) is 19.3 Å². The molecule has 1 aromatic heterocycles. The molecule has 7 nitrogen and oxygen atoms in total. The molecule has 2 fully saturated rings. The summed E-state index contributed by atoms with van der Waals surface area (Å²) < 4.78 is 11.2. The average molecular weight is 404 g/mol. The number of aromatic nitrogens is 1. The topological polar surface area (TPSA) is 71.0 Å². The highest BCUT2D eigenvalue weighted by atomic mass is 16.5. The molecule has 0 amide bonds. The van der Waals surface area contributed by atoms with Crippen LogP contribution >= 0.6 is 0 Å². The fourth-order valence-electron chi connectivity index (χ4n) is 3.89. The minimum atomic E-state index is 0.478. The van der Waals surface area contributed by atoms with Crippen molar-refractivity contribution in [2.75, 3.05) is 53.1 Å². The second-order valence-corrected chi connectivity index (χ2v) is 8.00. The molecule has 0 radical (unpaired) electrons. The van der Waals surface area contributed by atoms with Crippen LogP contribution in [0.5, 0.6) is 0 Å². The summed E-state index contributed by atoms with van der Waals surface area (Å²) >= 11 is 0. The van der Waals surface area contributed by atoms with E-state index in [4.69, 9.17) is 9.47 Å². The lowest BCUT2D eigenvalue weighted by molar-refractivity contribution is 0.0203. The lowest BCUT2D eigenvalue weighted by atomic mass is 10.0. The summed E-state index contributed by atoms with van der Waals surface area (Å²) in [6, 6.07) is 6.61. The first-order valence-corrected chi connectivity index (χ1v) is 11.1. The van der Waals surface area contributed by atoms with Crippen molar-refractivity contribution in [3.63, 3.8) is 0 Å². The van der Waals surface area contributed by atoms with E-state index in [9.17, 15) is 0 Å². The summed E-state index contributed by atoms with van der Waals surface area (Å²) in [6.45, 7) is 7.44. The quantitative estimate of drug-likeness (QED) is 0.374. The van der Waals surface area contributed by atoms with Gasteiger partial charge in [0.05, 0.1) is 5.69 Å². The Hall–Kier alpha value is -1.70. The first kappa shape index (κ1) is 22.0. The van der Waals surface area contributed by atoms with E-state index in [-0.39, 0.29) is 0 Å². The van der Waals surface area contributed by atoms with Crippen molar-refractivity contribution in [3.8, 4) is 0 Å². The highest BCUT2D eigenvalue weighted by Crippen LogP contribution is 2.15. The van der Waals surface area contributed by atoms with Crippen molar-refractivity contribution in [2.45, 2.75) is 44.7 Å². The molecule has 0 bridgehead atoms. The van der Waals surface area contributed by atoms with Crippen molar-refractivity contribution in [1.82, 2.24) is 20.5 Å². The van der Waals surface area contributed by atoms with Gasteiger partial charge in [-0.2, -0.15) is 0 Å². The first-order chi connectivity index (χ1) is 14.3. The zero-order valence-corrected chi connectivity index (χ0v) is 17.8. The average Bonchev–Trinajstić information content (AvgIpc) is 2.78. The largest absolute Gasteiger partial charge is 0.381 e. The fourth-order valence-corrected chi connectivity index (χ4v) is 3.89. The molecular formula is C22H37N5O2. The zero-order chi connectivity index (χ0) is 20.2. The van der Waals surface area contributed by atoms with Gasteiger partial charge < -0.3 is 20.1 Å². The summed E-state index contributed by atoms with van der Waals surface area (Å²) in [7, 11) is 1.84. The zero-order valence-electron chi connectivity index (χ0n) is 17.8. The third kappa shape index (κ3) is 8.28. The number of likely N-dealkylation sites (tertiary alicyclic amines) is 1. The van der Waals surface area contributed by atoms with Gasteiger partial charge in [-0.1, -0.05) is 6.07 Å². The van der Waals surface area contributed by atoms with Crippen LogP contribution in [0.3, 0.4) is 0 Å². The minimum absolute atomic E-state index is 0.478. The smallest absolute Gasteiger partial charge is 0.191 e. The molecule has 3 heterocycles. The minimum Gasteiger partial charge on any atom is -0.381 e. The Kier molecular flexibility index (Phi) is 9.69. The Morgan fingerprint density at radius 3 is 2.79 bits per heavy atom. The van der Waals surface area contributed by atoms with Gasteiger partial charge in [0, 0.05) is 71.9 Å². The number of ether oxygens (including phenoxy) is 2. The van der Waals surface area contributed by atoms with E-state index in [1.54, 1.807) is 0 Å². The van der Waals surface area contributed by atoms with Crippen molar-refractivity contribution in [1.29, 1.82) is 0 Å². The van der Waals surface area contributed by atoms with Crippen LogP contribution in [-0.2, 0) is 16.0 Å². The molecule has 2 aliphatic heterocycles. The number of guanidine groups is 1. The van der Waals surface area contributed by atoms with Crippen LogP contribution in [0.2, 0.25) is 0 Å². The summed E-state index contributed by atoms with van der Waals surface area (Å²) in [5.41, 5.74) is 1.15. The van der Waals surface area contributed by atoms with Crippen LogP contribution in [0.4, 0.5) is 0 Å². The van der Waals surface area contributed by atoms with Crippen LogP contribution < -0.4 is 10.6 Å². The van der Waals surface area contributed by atoms with Gasteiger partial charge in [0.15, 0.2) is 5.96 Å². The maximum absolute atomic E-state index is 5.83. The molecule has 0 atom stereocenters. The number of nitrogens with one attached hydrogen (secondary N) is 2. The highest BCUT2D eigenvalue weighted by molar-refractivity contribution is 5.79. The van der Waals surface area contributed by atoms with E-state index in [0.29, 0.717) is 12.0 Å². The molecule has 2 aliphatic rings. The SMILES string of the molecule is CN=C(NCCCOCC1CCOCC1)NC1CCN(Cc2ccccn2)CC1. The molecule has 0 spiro atoms. The molecule has 162 valence electrons. The molecule has 2 N–H and O–H groups in total. The number of hydrogen-bond acceptors (Lipinski definition) is 5. The van der Waals surface area contributed by atoms with Gasteiger partial charge >= 0.3 is 0 Å². The maximum Gasteiger partial charge on any atom is 0.191 e. The number of pyridine rings is 1. The summed E-state index contributed by atoms with van der Waals surface area (Å²) in [5, 5.41) is 7.00. The van der Waals surface area contributed by atoms with Crippen LogP contribution in [0.1, 0.15) is 37.8 Å². The van der Waals surface area contributed by atoms with E-state index < -0.39 is 0 Å². The Morgan fingerprint density at radius 2 is 2.07 bits per heavy atom. The lowest BCUT2D eigenvalue weighted by Crippen LogP contribution is -2.48. The van der Waals surface area contributed by atoms with Gasteiger partial charge in [0.2, 0.25) is 0 Å². The molecule has 1 aromatic rings. The van der Waals surface area contributed by atoms with E-state index in [1.165, 1.54) is 0 Å². The fraction of sp³-hybridized carbons (Fsp3) is 0.727. The number of piperidine rings is 1. The van der Waals surface area contributed by atoms with E-state index in [2.05, 4.69) is 37.6 Å². The van der Waals surface area contributed by atoms with Crippen molar-refractivity contribution >= 4 is 5.96 Å². The van der Waals surface area contributed by atoms with Crippen molar-refractivity contribution in [2.24, 2.45) is 10.9 Å². The molecule has 0 saturated carbocycles. The van der Waals surface area contributed by atoms with E-state index >= 15 is 0 Å². The standard InChI is InChI=1S/C22H37N5O2/c1-23-22(25-11-4-14-29-18-19-8-15-28-16-9-19)26-20-6-12-27(13-7-20)17-21-5-2-3-10-24-21/h2-3,5,10,19-20H,4,6-9,11-18H2,1H3,(H2,23,25,26). The monoisotopic (exact) mass is 403 g/mol. The molecule has 7 heteroatoms. The third-order valence-corrected chi connectivity index (χ3v) is 5.72. The van der Waals surface area contributed by atoms with Crippen molar-refractivity contribution in [3.05, 3.63) is 30.1 Å². The van der Waals surface area contributed by atoms with Gasteiger partial charge in [-0.3, -0.25) is 14.9 Å². The van der Waals surface area contributed by atoms with Crippen LogP contribution in [-0.4, -0.2) is 75.0 Å². The summed E-state index contributed by atoms with van der Waals surface area (Å²) in [6.07, 6.45) is 7.39. The predicted molar refractivity (Wildman–Crippen MR) is 116 cm³/mol. The summed E-state index contributed by atoms with van der Waals surface area (Å²) in [5.74, 6) is 1.58. The van der Waals surface area contributed by atoms with Crippen LogP contribution in [0, 0.1) is 5.92 Å². The van der Waals surface area contributed by atoms with Crippen LogP contribution in [0.15, 0.2) is 29.4 Å². The number of hydrogen-bond donors (Lipinski definition) is 2. The predicted octanol–water partition coefficient (Wildman–Crippen LogP) is 2.04. The highest BCUT2D eigenvalue weighted by Gasteiger charge is 2.20. The van der Waals surface area contributed by atoms with Crippen molar-refractivity contribution < 1.29 is 9.47 Å². The van der Waals surface area contributed by atoms with Gasteiger partial charge in [0.25, 0.3) is 0 Å². The number of nitrogens with zero attached hydrogens (tertiary/aromatic N) is 3. The first-order valence-electron chi connectivity index (χ1n) is 11.1. The molecule has 2 saturated heterocycles. The lowest BCUT2D eigenvalue weighted by Gasteiger charge is -2.32. The van der Waals surface area contributed by atoms with Gasteiger partial charge in [-0.15, -0.1) is 0 Å². The maximum atomic E-state index is 5.83. The van der Waals surface area contributed by atoms with Gasteiger partial charge in [0.1, 0.15) is 0 Å². The Balaban J connectivity index is 1.24. The number of aliphatic imine (C=N–C) groups is 1. The van der Waals surface area contributed by atoms with E-state index in [0.717, 1.165) is 96.4 Å². The molecule has 29 heavy (non-hydrogen) atoms. The second kappa shape index (κ2) is 12.8. The molecular weight excluding hydrogens is 366 g/mol. The Morgan fingerprint density at radius 1 is 1.24 bits per heavy atom. The number of rotatable bonds is 9. The summed E-state index contributed by atoms with van der Waals surface area (Å²) in [4.78, 5) is 11.3. The molecule has 0 aliphatic carbocycles. The van der Waals surface area contributed by atoms with Crippen LogP contribution in [0.25, 0.3) is 0 Å². The molecule has 0 aromatic carbocycles. The third-order valence-electron chi connectivity index (χ3n) is 5.72. The second-order valence-electron chi connectivity index (χ2n) is 8.00. The Labute approximate surface area is 175 Å². The molecule has 0 unspecified atom stereocenters. The normalized spacial score (nSPS) is 20.0. The Bertz CT molecular complexity index is 584.